The van der Waals surface area contributed by atoms with Crippen LogP contribution in [0.4, 0.5) is 5.82 Å². The van der Waals surface area contributed by atoms with Gasteiger partial charge in [0.1, 0.15) is 5.82 Å². The molecule has 0 saturated heterocycles. The summed E-state index contributed by atoms with van der Waals surface area (Å²) in [4.78, 5) is 20.2. The second kappa shape index (κ2) is 5.35. The molecule has 0 atom stereocenters. The Bertz CT molecular complexity index is 430. The molecule has 1 saturated carbocycles. The van der Waals surface area contributed by atoms with Gasteiger partial charge in [-0.05, 0) is 25.0 Å². The Morgan fingerprint density at radius 1 is 1.50 bits per heavy atom. The number of hydrogen-bond donors (Lipinski definition) is 1. The molecule has 0 spiro atoms. The average molecular weight is 249 g/mol. The van der Waals surface area contributed by atoms with E-state index in [0.717, 1.165) is 18.7 Å². The third-order valence-electron chi connectivity index (χ3n) is 3.04. The number of anilines is 1. The van der Waals surface area contributed by atoms with Crippen molar-refractivity contribution in [1.29, 1.82) is 0 Å². The van der Waals surface area contributed by atoms with Crippen LogP contribution in [-0.2, 0) is 0 Å². The third kappa shape index (κ3) is 2.79. The first-order valence-corrected chi connectivity index (χ1v) is 6.18. The van der Waals surface area contributed by atoms with Crippen molar-refractivity contribution in [3.8, 4) is 0 Å². The maximum Gasteiger partial charge on any atom is 0.254 e. The zero-order valence-electron chi connectivity index (χ0n) is 10.8. The van der Waals surface area contributed by atoms with Crippen molar-refractivity contribution in [1.82, 2.24) is 9.88 Å². The van der Waals surface area contributed by atoms with Crippen molar-refractivity contribution < 1.29 is 9.90 Å². The predicted octanol–water partition coefficient (Wildman–Crippen LogP) is 0.744. The van der Waals surface area contributed by atoms with Crippen LogP contribution in [0.3, 0.4) is 0 Å². The maximum atomic E-state index is 12.4. The fourth-order valence-corrected chi connectivity index (χ4v) is 1.91. The van der Waals surface area contributed by atoms with Crippen molar-refractivity contribution in [3.63, 3.8) is 0 Å². The van der Waals surface area contributed by atoms with Crippen LogP contribution in [0.25, 0.3) is 0 Å². The molecule has 5 heteroatoms. The van der Waals surface area contributed by atoms with Crippen LogP contribution >= 0.6 is 0 Å². The van der Waals surface area contributed by atoms with E-state index in [1.807, 2.05) is 19.0 Å². The first kappa shape index (κ1) is 12.8. The minimum absolute atomic E-state index is 0.00780. The van der Waals surface area contributed by atoms with Gasteiger partial charge in [0, 0.05) is 38.4 Å². The van der Waals surface area contributed by atoms with E-state index in [9.17, 15) is 4.79 Å². The molecular weight excluding hydrogens is 230 g/mol. The molecule has 1 aromatic rings. The predicted molar refractivity (Wildman–Crippen MR) is 69.7 cm³/mol. The molecule has 1 N–H and O–H groups in total. The minimum atomic E-state index is -0.0166. The van der Waals surface area contributed by atoms with Gasteiger partial charge in [-0.2, -0.15) is 0 Å². The lowest BCUT2D eigenvalue weighted by atomic mass is 10.2. The number of aromatic nitrogens is 1. The van der Waals surface area contributed by atoms with Crippen molar-refractivity contribution in [3.05, 3.63) is 23.9 Å². The second-order valence-electron chi connectivity index (χ2n) is 4.75. The zero-order valence-corrected chi connectivity index (χ0v) is 10.8. The van der Waals surface area contributed by atoms with E-state index in [2.05, 4.69) is 4.98 Å². The normalized spacial score (nSPS) is 14.4. The molecule has 1 aromatic heterocycles. The van der Waals surface area contributed by atoms with Crippen LogP contribution in [0, 0.1) is 0 Å². The lowest BCUT2D eigenvalue weighted by molar-refractivity contribution is 0.0707. The number of carbonyl (C=O) groups excluding carboxylic acids is 1. The van der Waals surface area contributed by atoms with E-state index >= 15 is 0 Å². The highest BCUT2D eigenvalue weighted by Gasteiger charge is 2.32. The van der Waals surface area contributed by atoms with Gasteiger partial charge in [-0.15, -0.1) is 0 Å². The molecule has 1 amide bonds. The molecule has 98 valence electrons. The zero-order chi connectivity index (χ0) is 13.1. The lowest BCUT2D eigenvalue weighted by Crippen LogP contribution is -2.35. The smallest absolute Gasteiger partial charge is 0.254 e. The topological polar surface area (TPSA) is 56.7 Å². The van der Waals surface area contributed by atoms with Gasteiger partial charge in [-0.25, -0.2) is 4.98 Å². The summed E-state index contributed by atoms with van der Waals surface area (Å²) in [5.74, 6) is 0.748. The number of hydrogen-bond acceptors (Lipinski definition) is 4. The first-order chi connectivity index (χ1) is 8.63. The Hall–Kier alpha value is -1.62. The van der Waals surface area contributed by atoms with Gasteiger partial charge in [0.25, 0.3) is 5.91 Å². The van der Waals surface area contributed by atoms with Crippen LogP contribution in [0.15, 0.2) is 18.3 Å². The molecule has 1 heterocycles. The number of carbonyl (C=O) groups is 1. The SMILES string of the molecule is CN(C)c1cc(C(=O)N(CCO)C2CC2)ccn1. The molecular formula is C13H19N3O2. The van der Waals surface area contributed by atoms with Crippen molar-refractivity contribution in [2.24, 2.45) is 0 Å². The molecule has 2 rings (SSSR count). The highest BCUT2D eigenvalue weighted by molar-refractivity contribution is 5.95. The number of amides is 1. The summed E-state index contributed by atoms with van der Waals surface area (Å²) in [6.07, 6.45) is 3.72. The van der Waals surface area contributed by atoms with Crippen molar-refractivity contribution in [2.75, 3.05) is 32.1 Å². The van der Waals surface area contributed by atoms with Crippen LogP contribution in [0.2, 0.25) is 0 Å². The summed E-state index contributed by atoms with van der Waals surface area (Å²) < 4.78 is 0. The highest BCUT2D eigenvalue weighted by atomic mass is 16.3. The highest BCUT2D eigenvalue weighted by Crippen LogP contribution is 2.28. The summed E-state index contributed by atoms with van der Waals surface area (Å²) >= 11 is 0. The summed E-state index contributed by atoms with van der Waals surface area (Å²) in [5.41, 5.74) is 0.633. The van der Waals surface area contributed by atoms with E-state index in [1.54, 1.807) is 23.2 Å². The summed E-state index contributed by atoms with van der Waals surface area (Å²) in [6.45, 7) is 0.414. The molecule has 0 unspecified atom stereocenters. The number of nitrogens with zero attached hydrogens (tertiary/aromatic N) is 3. The Kier molecular flexibility index (Phi) is 3.81. The fraction of sp³-hybridized carbons (Fsp3) is 0.538. The maximum absolute atomic E-state index is 12.4. The molecule has 5 nitrogen and oxygen atoms in total. The minimum Gasteiger partial charge on any atom is -0.395 e. The largest absolute Gasteiger partial charge is 0.395 e. The van der Waals surface area contributed by atoms with E-state index in [-0.39, 0.29) is 12.5 Å². The molecule has 0 aromatic carbocycles. The van der Waals surface area contributed by atoms with Gasteiger partial charge in [-0.3, -0.25) is 4.79 Å². The number of aliphatic hydroxyl groups is 1. The van der Waals surface area contributed by atoms with Gasteiger partial charge in [0.2, 0.25) is 0 Å². The second-order valence-corrected chi connectivity index (χ2v) is 4.75. The lowest BCUT2D eigenvalue weighted by Gasteiger charge is -2.22. The van der Waals surface area contributed by atoms with Gasteiger partial charge in [0.15, 0.2) is 0 Å². The number of rotatable bonds is 5. The van der Waals surface area contributed by atoms with Crippen molar-refractivity contribution >= 4 is 11.7 Å². The Morgan fingerprint density at radius 2 is 2.22 bits per heavy atom. The van der Waals surface area contributed by atoms with E-state index in [1.165, 1.54) is 0 Å². The van der Waals surface area contributed by atoms with Crippen LogP contribution in [0.1, 0.15) is 23.2 Å². The van der Waals surface area contributed by atoms with E-state index < -0.39 is 0 Å². The van der Waals surface area contributed by atoms with Gasteiger partial charge >= 0.3 is 0 Å². The quantitative estimate of drug-likeness (QED) is 0.836. The molecule has 1 aliphatic rings. The number of pyridine rings is 1. The average Bonchev–Trinajstić information content (AvgIpc) is 3.19. The number of aliphatic hydroxyl groups excluding tert-OH is 1. The molecule has 1 fully saturated rings. The van der Waals surface area contributed by atoms with Crippen LogP contribution in [0.5, 0.6) is 0 Å². The van der Waals surface area contributed by atoms with Gasteiger partial charge < -0.3 is 14.9 Å². The summed E-state index contributed by atoms with van der Waals surface area (Å²) in [5, 5.41) is 9.04. The Balaban J connectivity index is 2.18. The van der Waals surface area contributed by atoms with Crippen LogP contribution in [-0.4, -0.2) is 54.2 Å². The van der Waals surface area contributed by atoms with Gasteiger partial charge in [-0.1, -0.05) is 0 Å². The standard InChI is InChI=1S/C13H19N3O2/c1-15(2)12-9-10(5-6-14-12)13(18)16(7-8-17)11-3-4-11/h5-6,9,11,17H,3-4,7-8H2,1-2H3. The Morgan fingerprint density at radius 3 is 2.78 bits per heavy atom. The molecule has 0 bridgehead atoms. The van der Waals surface area contributed by atoms with E-state index in [0.29, 0.717) is 18.2 Å². The molecule has 18 heavy (non-hydrogen) atoms. The Labute approximate surface area is 107 Å². The summed E-state index contributed by atoms with van der Waals surface area (Å²) in [6, 6.07) is 3.82. The molecule has 0 radical (unpaired) electrons. The van der Waals surface area contributed by atoms with Crippen molar-refractivity contribution in [2.45, 2.75) is 18.9 Å². The molecule has 1 aliphatic carbocycles. The van der Waals surface area contributed by atoms with E-state index in [4.69, 9.17) is 5.11 Å². The third-order valence-corrected chi connectivity index (χ3v) is 3.04. The first-order valence-electron chi connectivity index (χ1n) is 6.18. The monoisotopic (exact) mass is 249 g/mol. The molecule has 0 aliphatic heterocycles. The van der Waals surface area contributed by atoms with Gasteiger partial charge in [0.05, 0.1) is 6.61 Å². The fourth-order valence-electron chi connectivity index (χ4n) is 1.91. The van der Waals surface area contributed by atoms with Crippen LogP contribution < -0.4 is 4.90 Å². The summed E-state index contributed by atoms with van der Waals surface area (Å²) in [7, 11) is 3.78.